The summed E-state index contributed by atoms with van der Waals surface area (Å²) >= 11 is 1.58. The Balaban J connectivity index is 0.00000240. The number of nitrogens with one attached hydrogen (secondary N) is 1. The van der Waals surface area contributed by atoms with Gasteiger partial charge in [-0.05, 0) is 36.8 Å². The number of benzene rings is 1. The molecule has 4 rings (SSSR count). The van der Waals surface area contributed by atoms with Crippen molar-refractivity contribution in [1.29, 1.82) is 5.26 Å². The van der Waals surface area contributed by atoms with E-state index in [-0.39, 0.29) is 24.9 Å². The highest BCUT2D eigenvalue weighted by Gasteiger charge is 2.21. The molecule has 2 aromatic heterocycles. The maximum absolute atomic E-state index is 12.6. The summed E-state index contributed by atoms with van der Waals surface area (Å²) in [6.07, 6.45) is 11.3. The smallest absolute Gasteiger partial charge is 0.267 e. The molecule has 29 heavy (non-hydrogen) atoms. The van der Waals surface area contributed by atoms with Crippen molar-refractivity contribution >= 4 is 22.2 Å². The number of nitriles is 1. The van der Waals surface area contributed by atoms with Crippen LogP contribution in [0.5, 0.6) is 0 Å². The van der Waals surface area contributed by atoms with Crippen LogP contribution >= 0.6 is 11.3 Å². The van der Waals surface area contributed by atoms with Gasteiger partial charge < -0.3 is 17.7 Å². The first kappa shape index (κ1) is 21.1. The van der Waals surface area contributed by atoms with E-state index in [1.54, 1.807) is 11.3 Å². The van der Waals surface area contributed by atoms with E-state index < -0.39 is 0 Å². The van der Waals surface area contributed by atoms with Crippen molar-refractivity contribution in [3.05, 3.63) is 70.6 Å². The molecule has 0 aliphatic heterocycles. The van der Waals surface area contributed by atoms with Gasteiger partial charge in [-0.2, -0.15) is 5.26 Å². The highest BCUT2D eigenvalue weighted by Crippen LogP contribution is 2.36. The van der Waals surface area contributed by atoms with E-state index in [4.69, 9.17) is 0 Å². The summed E-state index contributed by atoms with van der Waals surface area (Å²) in [5.74, 6) is -0.102. The van der Waals surface area contributed by atoms with E-state index >= 15 is 0 Å². The molecule has 0 unspecified atom stereocenters. The fourth-order valence-electron chi connectivity index (χ4n) is 3.70. The predicted molar refractivity (Wildman–Crippen MR) is 109 cm³/mol. The van der Waals surface area contributed by atoms with Crippen LogP contribution in [0.3, 0.4) is 0 Å². The van der Waals surface area contributed by atoms with Gasteiger partial charge in [-0.15, -0.1) is 11.3 Å². The molecule has 5 nitrogen and oxygen atoms in total. The molecule has 0 saturated heterocycles. The molecule has 2 heterocycles. The number of hydrogen-bond acceptors (Lipinski definition) is 3. The van der Waals surface area contributed by atoms with Crippen molar-refractivity contribution < 1.29 is 21.8 Å². The number of aryl methyl sites for hydroxylation is 1. The minimum Gasteiger partial charge on any atom is -1.00 e. The lowest BCUT2D eigenvalue weighted by Crippen LogP contribution is -3.00. The van der Waals surface area contributed by atoms with E-state index in [1.165, 1.54) is 16.9 Å². The number of anilines is 1. The monoisotopic (exact) mass is 426 g/mol. The molecule has 1 N–H and O–H groups in total. The van der Waals surface area contributed by atoms with E-state index in [9.17, 15) is 10.1 Å². The molecule has 0 radical (unpaired) electrons. The third-order valence-corrected chi connectivity index (χ3v) is 6.27. The maximum atomic E-state index is 12.6. The van der Waals surface area contributed by atoms with Gasteiger partial charge in [-0.25, -0.2) is 9.13 Å². The Hall–Kier alpha value is -2.62. The summed E-state index contributed by atoms with van der Waals surface area (Å²) in [7, 11) is 0. The summed E-state index contributed by atoms with van der Waals surface area (Å²) in [5.41, 5.74) is 3.04. The van der Waals surface area contributed by atoms with E-state index in [0.29, 0.717) is 10.6 Å². The summed E-state index contributed by atoms with van der Waals surface area (Å²) in [6, 6.07) is 12.5. The van der Waals surface area contributed by atoms with Gasteiger partial charge in [0.2, 0.25) is 6.33 Å². The van der Waals surface area contributed by atoms with Crippen LogP contribution in [0.15, 0.2) is 49.1 Å². The maximum Gasteiger partial charge on any atom is 0.267 e. The van der Waals surface area contributed by atoms with Crippen LogP contribution < -0.4 is 22.3 Å². The molecule has 0 bridgehead atoms. The Morgan fingerprint density at radius 2 is 2.00 bits per heavy atom. The Morgan fingerprint density at radius 1 is 1.21 bits per heavy atom. The number of rotatable bonds is 5. The number of imidazole rings is 1. The van der Waals surface area contributed by atoms with Gasteiger partial charge in [0.1, 0.15) is 30.0 Å². The number of fused-ring (bicyclic) bond motifs is 1. The minimum absolute atomic E-state index is 0. The zero-order chi connectivity index (χ0) is 19.3. The average molecular weight is 427 g/mol. The predicted octanol–water partition coefficient (Wildman–Crippen LogP) is 0.669. The number of nitrogens with zero attached hydrogens (tertiary/aromatic N) is 3. The Labute approximate surface area is 181 Å². The normalized spacial score (nSPS) is 12.9. The van der Waals surface area contributed by atoms with Crippen molar-refractivity contribution in [3.8, 4) is 6.07 Å². The molecule has 0 spiro atoms. The topological polar surface area (TPSA) is 61.7 Å². The van der Waals surface area contributed by atoms with Gasteiger partial charge in [-0.1, -0.05) is 36.8 Å². The Bertz CT molecular complexity index is 1020. The van der Waals surface area contributed by atoms with Gasteiger partial charge >= 0.3 is 0 Å². The number of carbonyl (C=O) groups is 1. The third-order valence-electron chi connectivity index (χ3n) is 5.07. The zero-order valence-corrected chi connectivity index (χ0v) is 17.7. The second-order valence-electron chi connectivity index (χ2n) is 7.17. The van der Waals surface area contributed by atoms with Gasteiger partial charge in [-0.3, -0.25) is 4.79 Å². The van der Waals surface area contributed by atoms with Crippen molar-refractivity contribution in [1.82, 2.24) is 4.57 Å². The van der Waals surface area contributed by atoms with Gasteiger partial charge in [0.05, 0.1) is 5.56 Å². The number of thiophene rings is 1. The molecule has 1 amide bonds. The van der Waals surface area contributed by atoms with Crippen LogP contribution in [0.2, 0.25) is 0 Å². The van der Waals surface area contributed by atoms with Gasteiger partial charge in [0.15, 0.2) is 6.54 Å². The standard InChI is InChI=1S/C22H22N4OS.ClH/c23-13-19-18-9-5-2-6-10-20(18)28-22(19)24-21(27)15-26-12-11-25(16-26)14-17-7-3-1-4-8-17;/h1,3-4,7-8,11-12,16H,2,5-6,9-10,14-15H2;1H. The number of halogens is 1. The minimum atomic E-state index is -0.102. The quantitative estimate of drug-likeness (QED) is 0.481. The fourth-order valence-corrected chi connectivity index (χ4v) is 4.96. The summed E-state index contributed by atoms with van der Waals surface area (Å²) < 4.78 is 3.92. The molecular weight excluding hydrogens is 404 g/mol. The van der Waals surface area contributed by atoms with Crippen molar-refractivity contribution in [3.63, 3.8) is 0 Å². The average Bonchev–Trinajstić information content (AvgIpc) is 3.18. The van der Waals surface area contributed by atoms with Gasteiger partial charge in [0, 0.05) is 4.88 Å². The number of carbonyl (C=O) groups excluding carboxylic acids is 1. The summed E-state index contributed by atoms with van der Waals surface area (Å²) in [4.78, 5) is 13.8. The summed E-state index contributed by atoms with van der Waals surface area (Å²) in [5, 5.41) is 13.3. The third kappa shape index (κ3) is 5.06. The molecule has 0 fully saturated rings. The Kier molecular flexibility index (Phi) is 7.08. The first-order valence-electron chi connectivity index (χ1n) is 9.66. The molecule has 3 aromatic rings. The molecule has 1 aromatic carbocycles. The molecular formula is C22H23ClN4OS. The largest absolute Gasteiger partial charge is 1.00 e. The fraction of sp³-hybridized carbons (Fsp3) is 0.318. The lowest BCUT2D eigenvalue weighted by atomic mass is 10.1. The first-order chi connectivity index (χ1) is 13.7. The van der Waals surface area contributed by atoms with Crippen LogP contribution in [0, 0.1) is 11.3 Å². The number of hydrogen-bond donors (Lipinski definition) is 1. The lowest BCUT2D eigenvalue weighted by molar-refractivity contribution is -0.687. The molecule has 1 aliphatic carbocycles. The second kappa shape index (κ2) is 9.73. The van der Waals surface area contributed by atoms with Gasteiger partial charge in [0.25, 0.3) is 5.91 Å². The molecule has 0 atom stereocenters. The molecule has 1 aliphatic rings. The van der Waals surface area contributed by atoms with Crippen molar-refractivity contribution in [2.75, 3.05) is 5.32 Å². The van der Waals surface area contributed by atoms with Crippen LogP contribution in [-0.2, 0) is 30.7 Å². The van der Waals surface area contributed by atoms with E-state index in [2.05, 4.69) is 28.1 Å². The van der Waals surface area contributed by atoms with E-state index in [0.717, 1.165) is 37.8 Å². The van der Waals surface area contributed by atoms with Crippen molar-refractivity contribution in [2.24, 2.45) is 0 Å². The molecule has 0 saturated carbocycles. The highest BCUT2D eigenvalue weighted by atomic mass is 35.5. The highest BCUT2D eigenvalue weighted by molar-refractivity contribution is 7.16. The summed E-state index contributed by atoms with van der Waals surface area (Å²) in [6.45, 7) is 1.00. The number of amides is 1. The zero-order valence-electron chi connectivity index (χ0n) is 16.1. The van der Waals surface area contributed by atoms with E-state index in [1.807, 2.05) is 41.5 Å². The molecule has 150 valence electrons. The Morgan fingerprint density at radius 3 is 2.79 bits per heavy atom. The first-order valence-corrected chi connectivity index (χ1v) is 10.5. The van der Waals surface area contributed by atoms with Crippen LogP contribution in [-0.4, -0.2) is 10.5 Å². The molecule has 7 heteroatoms. The second-order valence-corrected chi connectivity index (χ2v) is 8.28. The lowest BCUT2D eigenvalue weighted by Gasteiger charge is -2.02. The van der Waals surface area contributed by atoms with Crippen LogP contribution in [0.4, 0.5) is 5.00 Å². The SMILES string of the molecule is N#Cc1c(NC(=O)Cn2cc[n+](Cc3ccccc3)c2)sc2c1CCCCC2.[Cl-]. The van der Waals surface area contributed by atoms with Crippen LogP contribution in [0.1, 0.15) is 40.8 Å². The van der Waals surface area contributed by atoms with Crippen molar-refractivity contribution in [2.45, 2.75) is 45.2 Å². The van der Waals surface area contributed by atoms with Crippen LogP contribution in [0.25, 0.3) is 0 Å². The number of aromatic nitrogens is 2.